The van der Waals surface area contributed by atoms with Crippen molar-refractivity contribution in [1.82, 2.24) is 4.90 Å². The number of carboxylic acid groups (broad SMARTS) is 1. The van der Waals surface area contributed by atoms with Crippen molar-refractivity contribution in [2.75, 3.05) is 26.9 Å². The van der Waals surface area contributed by atoms with Gasteiger partial charge in [-0.15, -0.1) is 0 Å². The zero-order valence-electron chi connectivity index (χ0n) is 14.1. The van der Waals surface area contributed by atoms with Crippen molar-refractivity contribution in [3.63, 3.8) is 0 Å². The van der Waals surface area contributed by atoms with Crippen LogP contribution < -0.4 is 4.74 Å². The van der Waals surface area contributed by atoms with Crippen molar-refractivity contribution in [3.8, 4) is 5.75 Å². The molecule has 0 spiro atoms. The number of hydrogen-bond acceptors (Lipinski definition) is 4. The van der Waals surface area contributed by atoms with E-state index in [2.05, 4.69) is 12.1 Å². The van der Waals surface area contributed by atoms with E-state index in [1.165, 1.54) is 10.5 Å². The minimum absolute atomic E-state index is 0.0819. The lowest BCUT2D eigenvalue weighted by Crippen LogP contribution is -2.52. The number of carboxylic acids is 1. The van der Waals surface area contributed by atoms with E-state index < -0.39 is 12.0 Å². The quantitative estimate of drug-likeness (QED) is 0.736. The summed E-state index contributed by atoms with van der Waals surface area (Å²) in [4.78, 5) is 24.8. The minimum Gasteiger partial charge on any atom is -0.497 e. The van der Waals surface area contributed by atoms with E-state index in [4.69, 9.17) is 14.6 Å². The van der Waals surface area contributed by atoms with Crippen LogP contribution in [0.25, 0.3) is 0 Å². The molecule has 24 heavy (non-hydrogen) atoms. The molecule has 1 heterocycles. The van der Waals surface area contributed by atoms with Gasteiger partial charge in [0.1, 0.15) is 5.75 Å². The molecule has 1 N–H and O–H groups in total. The normalized spacial score (nSPS) is 17.5. The number of aryl methyl sites for hydroxylation is 1. The van der Waals surface area contributed by atoms with Gasteiger partial charge in [0, 0.05) is 13.0 Å². The van der Waals surface area contributed by atoms with Crippen LogP contribution in [0.1, 0.15) is 31.2 Å². The molecule has 1 unspecified atom stereocenters. The van der Waals surface area contributed by atoms with Crippen LogP contribution in [-0.2, 0) is 20.7 Å². The highest BCUT2D eigenvalue weighted by Gasteiger charge is 2.32. The fraction of sp³-hybridized carbons (Fsp3) is 0.556. The van der Waals surface area contributed by atoms with Crippen LogP contribution in [0.4, 0.5) is 0 Å². The molecule has 1 atom stereocenters. The summed E-state index contributed by atoms with van der Waals surface area (Å²) in [5, 5.41) is 9.15. The Morgan fingerprint density at radius 3 is 2.67 bits per heavy atom. The number of hydrogen-bond donors (Lipinski definition) is 1. The Morgan fingerprint density at radius 1 is 1.25 bits per heavy atom. The highest BCUT2D eigenvalue weighted by atomic mass is 16.5. The Labute approximate surface area is 142 Å². The number of nitrogens with zero attached hydrogens (tertiary/aromatic N) is 1. The van der Waals surface area contributed by atoms with Crippen molar-refractivity contribution >= 4 is 11.9 Å². The van der Waals surface area contributed by atoms with E-state index in [9.17, 15) is 9.59 Å². The first kappa shape index (κ1) is 18.3. The van der Waals surface area contributed by atoms with Crippen molar-refractivity contribution in [1.29, 1.82) is 0 Å². The molecule has 132 valence electrons. The Bertz CT molecular complexity index is 543. The van der Waals surface area contributed by atoms with Crippen LogP contribution >= 0.6 is 0 Å². The maximum atomic E-state index is 12.2. The maximum absolute atomic E-state index is 12.2. The minimum atomic E-state index is -0.998. The number of carbonyl (C=O) groups excluding carboxylic acids is 1. The summed E-state index contributed by atoms with van der Waals surface area (Å²) < 4.78 is 10.3. The predicted molar refractivity (Wildman–Crippen MR) is 89.1 cm³/mol. The average Bonchev–Trinajstić information content (AvgIpc) is 2.61. The zero-order valence-corrected chi connectivity index (χ0v) is 14.1. The Kier molecular flexibility index (Phi) is 7.06. The molecule has 1 aliphatic rings. The van der Waals surface area contributed by atoms with Gasteiger partial charge in [-0.2, -0.15) is 0 Å². The Balaban J connectivity index is 1.67. The van der Waals surface area contributed by atoms with Gasteiger partial charge in [0.25, 0.3) is 0 Å². The number of carbonyl (C=O) groups is 2. The molecule has 0 aromatic heterocycles. The van der Waals surface area contributed by atoms with Crippen molar-refractivity contribution in [3.05, 3.63) is 29.8 Å². The molecule has 6 heteroatoms. The van der Waals surface area contributed by atoms with Crippen LogP contribution in [0.15, 0.2) is 24.3 Å². The number of rotatable bonds is 8. The van der Waals surface area contributed by atoms with Gasteiger partial charge in [0.15, 0.2) is 6.04 Å². The van der Waals surface area contributed by atoms with Gasteiger partial charge in [0.05, 0.1) is 20.3 Å². The predicted octanol–water partition coefficient (Wildman–Crippen LogP) is 2.11. The average molecular weight is 335 g/mol. The number of methoxy groups -OCH3 is 1. The molecule has 1 saturated heterocycles. The van der Waals surface area contributed by atoms with Gasteiger partial charge in [-0.05, 0) is 37.0 Å². The zero-order chi connectivity index (χ0) is 17.4. The van der Waals surface area contributed by atoms with E-state index in [0.29, 0.717) is 19.6 Å². The summed E-state index contributed by atoms with van der Waals surface area (Å²) in [6, 6.07) is 7.15. The van der Waals surface area contributed by atoms with E-state index >= 15 is 0 Å². The smallest absolute Gasteiger partial charge is 0.328 e. The van der Waals surface area contributed by atoms with Gasteiger partial charge < -0.3 is 19.5 Å². The van der Waals surface area contributed by atoms with Crippen molar-refractivity contribution in [2.24, 2.45) is 0 Å². The lowest BCUT2D eigenvalue weighted by atomic mass is 10.1. The molecule has 0 aliphatic carbocycles. The highest BCUT2D eigenvalue weighted by Crippen LogP contribution is 2.15. The first-order valence-electron chi connectivity index (χ1n) is 8.35. The molecule has 0 bridgehead atoms. The van der Waals surface area contributed by atoms with Gasteiger partial charge in [-0.3, -0.25) is 4.79 Å². The van der Waals surface area contributed by atoms with Gasteiger partial charge in [0.2, 0.25) is 5.91 Å². The Hall–Kier alpha value is -2.08. The molecule has 1 amide bonds. The second-order valence-corrected chi connectivity index (χ2v) is 5.92. The molecule has 2 rings (SSSR count). The maximum Gasteiger partial charge on any atom is 0.328 e. The fourth-order valence-electron chi connectivity index (χ4n) is 2.82. The van der Waals surface area contributed by atoms with Crippen LogP contribution in [-0.4, -0.2) is 54.8 Å². The van der Waals surface area contributed by atoms with Crippen LogP contribution in [0.3, 0.4) is 0 Å². The second kappa shape index (κ2) is 9.27. The first-order valence-corrected chi connectivity index (χ1v) is 8.35. The summed E-state index contributed by atoms with van der Waals surface area (Å²) in [5.74, 6) is -0.236. The summed E-state index contributed by atoms with van der Waals surface area (Å²) >= 11 is 0. The number of aliphatic carboxylic acids is 1. The molecule has 0 saturated carbocycles. The first-order chi connectivity index (χ1) is 11.6. The second-order valence-electron chi connectivity index (χ2n) is 5.92. The van der Waals surface area contributed by atoms with E-state index in [1.54, 1.807) is 7.11 Å². The molecule has 0 radical (unpaired) electrons. The number of unbranched alkanes of at least 4 members (excludes halogenated alkanes) is 2. The van der Waals surface area contributed by atoms with E-state index in [0.717, 1.165) is 31.4 Å². The summed E-state index contributed by atoms with van der Waals surface area (Å²) in [6.45, 7) is 0.854. The van der Waals surface area contributed by atoms with E-state index in [-0.39, 0.29) is 12.5 Å². The number of benzene rings is 1. The Morgan fingerprint density at radius 2 is 2.00 bits per heavy atom. The summed E-state index contributed by atoms with van der Waals surface area (Å²) in [7, 11) is 1.65. The molecule has 6 nitrogen and oxygen atoms in total. The van der Waals surface area contributed by atoms with Crippen molar-refractivity contribution in [2.45, 2.75) is 38.1 Å². The summed E-state index contributed by atoms with van der Waals surface area (Å²) in [5.41, 5.74) is 1.25. The van der Waals surface area contributed by atoms with Crippen molar-refractivity contribution < 1.29 is 24.2 Å². The number of amides is 1. The fourth-order valence-corrected chi connectivity index (χ4v) is 2.82. The third-order valence-electron chi connectivity index (χ3n) is 4.25. The largest absolute Gasteiger partial charge is 0.497 e. The van der Waals surface area contributed by atoms with Gasteiger partial charge >= 0.3 is 5.97 Å². The lowest BCUT2D eigenvalue weighted by molar-refractivity contribution is -0.158. The monoisotopic (exact) mass is 335 g/mol. The molecule has 1 fully saturated rings. The lowest BCUT2D eigenvalue weighted by Gasteiger charge is -2.32. The number of ether oxygens (including phenoxy) is 2. The third-order valence-corrected chi connectivity index (χ3v) is 4.25. The molecule has 1 aromatic rings. The van der Waals surface area contributed by atoms with Gasteiger partial charge in [-0.1, -0.05) is 18.6 Å². The molecular formula is C18H25NO5. The standard InChI is InChI=1S/C18H25NO5/c1-23-15-9-7-14(8-10-15)5-3-2-4-6-17(20)19-11-12-24-13-16(19)18(21)22/h7-10,16H,2-6,11-13H2,1H3,(H,21,22). The molecule has 1 aromatic carbocycles. The van der Waals surface area contributed by atoms with Crippen LogP contribution in [0.2, 0.25) is 0 Å². The van der Waals surface area contributed by atoms with E-state index in [1.807, 2.05) is 12.1 Å². The summed E-state index contributed by atoms with van der Waals surface area (Å²) in [6.07, 6.45) is 4.09. The molecule has 1 aliphatic heterocycles. The third kappa shape index (κ3) is 5.23. The number of morpholine rings is 1. The van der Waals surface area contributed by atoms with Crippen LogP contribution in [0.5, 0.6) is 5.75 Å². The highest BCUT2D eigenvalue weighted by molar-refractivity contribution is 5.83. The topological polar surface area (TPSA) is 76.1 Å². The van der Waals surface area contributed by atoms with Gasteiger partial charge in [-0.25, -0.2) is 4.79 Å². The van der Waals surface area contributed by atoms with Crippen LogP contribution in [0, 0.1) is 0 Å². The molecular weight excluding hydrogens is 310 g/mol. The SMILES string of the molecule is COc1ccc(CCCCCC(=O)N2CCOCC2C(=O)O)cc1.